The van der Waals surface area contributed by atoms with Gasteiger partial charge >= 0.3 is 25.7 Å². The Labute approximate surface area is 360 Å². The number of rotatable bonds is 46. The van der Waals surface area contributed by atoms with E-state index in [2.05, 4.69) is 30.5 Å². The highest BCUT2D eigenvalue weighted by molar-refractivity contribution is 7.47. The van der Waals surface area contributed by atoms with Gasteiger partial charge in [-0.25, -0.2) is 4.57 Å². The van der Waals surface area contributed by atoms with Gasteiger partial charge in [0.2, 0.25) is 0 Å². The first kappa shape index (κ1) is 57.2. The van der Waals surface area contributed by atoms with Crippen LogP contribution >= 0.6 is 7.82 Å². The van der Waals surface area contributed by atoms with Gasteiger partial charge in [0.15, 0.2) is 6.10 Å². The average Bonchev–Trinajstić information content (AvgIpc) is 3.21. The lowest BCUT2D eigenvalue weighted by molar-refractivity contribution is -0.161. The van der Waals surface area contributed by atoms with Gasteiger partial charge in [-0.1, -0.05) is 199 Å². The quantitative estimate of drug-likeness (QED) is 0.0230. The highest BCUT2D eigenvalue weighted by Gasteiger charge is 2.28. The molecule has 4 N–H and O–H groups in total. The number of hydrogen-bond donors (Lipinski definition) is 3. The van der Waals surface area contributed by atoms with Crippen molar-refractivity contribution in [1.29, 1.82) is 0 Å². The molecule has 0 saturated carbocycles. The first-order chi connectivity index (χ1) is 28.6. The van der Waals surface area contributed by atoms with Crippen LogP contribution in [-0.2, 0) is 37.5 Å². The van der Waals surface area contributed by atoms with Crippen LogP contribution in [0.15, 0.2) is 12.2 Å². The number of carbonyl (C=O) groups is 3. The maximum absolute atomic E-state index is 12.6. The molecule has 12 heteroatoms. The van der Waals surface area contributed by atoms with Crippen LogP contribution in [0.2, 0.25) is 0 Å². The lowest BCUT2D eigenvalue weighted by Crippen LogP contribution is -2.34. The summed E-state index contributed by atoms with van der Waals surface area (Å²) in [4.78, 5) is 46.0. The Morgan fingerprint density at radius 2 is 0.847 bits per heavy atom. The van der Waals surface area contributed by atoms with Gasteiger partial charge in [-0.2, -0.15) is 0 Å². The number of carboxylic acids is 1. The molecule has 0 aromatic heterocycles. The number of ether oxygens (including phenoxy) is 2. The summed E-state index contributed by atoms with van der Waals surface area (Å²) in [5.41, 5.74) is 5.34. The fourth-order valence-corrected chi connectivity index (χ4v) is 7.72. The van der Waals surface area contributed by atoms with E-state index in [-0.39, 0.29) is 19.4 Å². The van der Waals surface area contributed by atoms with Gasteiger partial charge in [0.25, 0.3) is 0 Å². The highest BCUT2D eigenvalue weighted by Crippen LogP contribution is 2.43. The summed E-state index contributed by atoms with van der Waals surface area (Å²) in [6, 6.07) is -1.52. The number of nitrogens with two attached hydrogens (primary N) is 1. The van der Waals surface area contributed by atoms with E-state index in [1.165, 1.54) is 141 Å². The van der Waals surface area contributed by atoms with Crippen LogP contribution in [0.4, 0.5) is 0 Å². The van der Waals surface area contributed by atoms with Crippen molar-refractivity contribution in [3.63, 3.8) is 0 Å². The minimum atomic E-state index is -4.71. The molecule has 0 spiro atoms. The molecular formula is C47H90NO10P. The summed E-state index contributed by atoms with van der Waals surface area (Å²) in [5.74, 6) is -2.37. The fourth-order valence-electron chi connectivity index (χ4n) is 6.94. The summed E-state index contributed by atoms with van der Waals surface area (Å²) in [6.45, 7) is 2.82. The van der Waals surface area contributed by atoms with Crippen molar-refractivity contribution in [2.75, 3.05) is 19.8 Å². The number of unbranched alkanes of at least 4 members (excludes halogenated alkanes) is 30. The minimum Gasteiger partial charge on any atom is -0.480 e. The number of esters is 2. The molecule has 0 aromatic carbocycles. The lowest BCUT2D eigenvalue weighted by Gasteiger charge is -2.20. The maximum Gasteiger partial charge on any atom is 0.472 e. The van der Waals surface area contributed by atoms with E-state index in [0.29, 0.717) is 12.8 Å². The van der Waals surface area contributed by atoms with Gasteiger partial charge in [0.05, 0.1) is 13.2 Å². The number of allylic oxidation sites excluding steroid dienone is 2. The molecule has 3 atom stereocenters. The van der Waals surface area contributed by atoms with Gasteiger partial charge in [-0.15, -0.1) is 0 Å². The minimum absolute atomic E-state index is 0.155. The first-order valence-electron chi connectivity index (χ1n) is 24.2. The number of phosphoric ester groups is 1. The fraction of sp³-hybridized carbons (Fsp3) is 0.894. The van der Waals surface area contributed by atoms with Gasteiger partial charge in [0, 0.05) is 12.8 Å². The normalized spacial score (nSPS) is 13.7. The van der Waals surface area contributed by atoms with Gasteiger partial charge in [-0.05, 0) is 38.5 Å². The molecule has 0 aliphatic carbocycles. The molecular weight excluding hydrogens is 769 g/mol. The number of phosphoric acid groups is 1. The largest absolute Gasteiger partial charge is 0.480 e. The Bertz CT molecular complexity index is 1060. The topological polar surface area (TPSA) is 172 Å². The number of aliphatic carboxylic acids is 1. The standard InChI is InChI=1S/C47H90NO10P/c1-3-5-7-9-11-13-15-17-19-20-21-22-23-24-25-27-28-30-32-34-36-38-45(49)55-40-43(41-56-59(53,54)57-42-44(48)47(51)52)58-46(50)39-37-35-33-31-29-26-18-16-14-12-10-8-6-4-2/h16,18,43-44H,3-15,17,19-42,48H2,1-2H3,(H,51,52)(H,53,54)/b18-16-. The van der Waals surface area contributed by atoms with Crippen LogP contribution in [0.25, 0.3) is 0 Å². The molecule has 0 rings (SSSR count). The zero-order valence-electron chi connectivity index (χ0n) is 37.9. The van der Waals surface area contributed by atoms with E-state index in [4.69, 9.17) is 24.8 Å². The molecule has 0 amide bonds. The zero-order valence-corrected chi connectivity index (χ0v) is 38.8. The third-order valence-corrected chi connectivity index (χ3v) is 11.7. The highest BCUT2D eigenvalue weighted by atomic mass is 31.2. The summed E-state index contributed by atoms with van der Waals surface area (Å²) < 4.78 is 32.8. The Hall–Kier alpha value is -1.78. The SMILES string of the molecule is CCCCCCC/C=C\CCCCCCCC(=O)OC(COC(=O)CCCCCCCCCCCCCCCCCCCCCCC)COP(=O)(O)OCC(N)C(=O)O. The van der Waals surface area contributed by atoms with Crippen molar-refractivity contribution in [1.82, 2.24) is 0 Å². The zero-order chi connectivity index (χ0) is 43.5. The molecule has 0 fully saturated rings. The Morgan fingerprint density at radius 1 is 0.508 bits per heavy atom. The van der Waals surface area contributed by atoms with Crippen molar-refractivity contribution in [3.05, 3.63) is 12.2 Å². The molecule has 3 unspecified atom stereocenters. The average molecular weight is 860 g/mol. The number of carboxylic acid groups (broad SMARTS) is 1. The van der Waals surface area contributed by atoms with E-state index >= 15 is 0 Å². The number of hydrogen-bond acceptors (Lipinski definition) is 9. The third kappa shape index (κ3) is 42.7. The summed E-state index contributed by atoms with van der Waals surface area (Å²) in [6.07, 6.45) is 44.2. The molecule has 0 aliphatic heterocycles. The Morgan fingerprint density at radius 3 is 1.24 bits per heavy atom. The molecule has 0 heterocycles. The molecule has 59 heavy (non-hydrogen) atoms. The lowest BCUT2D eigenvalue weighted by atomic mass is 10.0. The molecule has 0 bridgehead atoms. The summed E-state index contributed by atoms with van der Waals surface area (Å²) in [5, 5.41) is 8.90. The van der Waals surface area contributed by atoms with Crippen molar-refractivity contribution >= 4 is 25.7 Å². The molecule has 348 valence electrons. The third-order valence-electron chi connectivity index (χ3n) is 10.8. The summed E-state index contributed by atoms with van der Waals surface area (Å²) >= 11 is 0. The van der Waals surface area contributed by atoms with Crippen LogP contribution in [0.5, 0.6) is 0 Å². The van der Waals surface area contributed by atoms with Crippen molar-refractivity contribution in [2.45, 2.75) is 251 Å². The maximum atomic E-state index is 12.6. The van der Waals surface area contributed by atoms with E-state index < -0.39 is 51.1 Å². The van der Waals surface area contributed by atoms with Crippen LogP contribution in [0, 0.1) is 0 Å². The van der Waals surface area contributed by atoms with E-state index in [1.54, 1.807) is 0 Å². The monoisotopic (exact) mass is 860 g/mol. The first-order valence-corrected chi connectivity index (χ1v) is 25.7. The molecule has 0 aliphatic rings. The van der Waals surface area contributed by atoms with E-state index in [0.717, 1.165) is 57.8 Å². The molecule has 0 radical (unpaired) electrons. The number of carbonyl (C=O) groups excluding carboxylic acids is 2. The van der Waals surface area contributed by atoms with E-state index in [9.17, 15) is 23.8 Å². The van der Waals surface area contributed by atoms with Gasteiger partial charge < -0.3 is 25.2 Å². The smallest absolute Gasteiger partial charge is 0.472 e. The Kier molecular flexibility index (Phi) is 41.6. The van der Waals surface area contributed by atoms with Crippen molar-refractivity contribution < 1.29 is 47.5 Å². The molecule has 0 aromatic rings. The molecule has 0 saturated heterocycles. The van der Waals surface area contributed by atoms with Crippen LogP contribution in [0.1, 0.15) is 239 Å². The van der Waals surface area contributed by atoms with Crippen LogP contribution in [0.3, 0.4) is 0 Å². The second-order valence-corrected chi connectivity index (χ2v) is 18.1. The van der Waals surface area contributed by atoms with Crippen LogP contribution in [-0.4, -0.2) is 59.9 Å². The second-order valence-electron chi connectivity index (χ2n) is 16.6. The van der Waals surface area contributed by atoms with Crippen LogP contribution < -0.4 is 5.73 Å². The molecule has 11 nitrogen and oxygen atoms in total. The van der Waals surface area contributed by atoms with Gasteiger partial charge in [-0.3, -0.25) is 23.4 Å². The van der Waals surface area contributed by atoms with Gasteiger partial charge in [0.1, 0.15) is 12.6 Å². The summed E-state index contributed by atoms with van der Waals surface area (Å²) in [7, 11) is -4.71. The van der Waals surface area contributed by atoms with E-state index in [1.807, 2.05) is 0 Å². The van der Waals surface area contributed by atoms with Crippen molar-refractivity contribution in [2.24, 2.45) is 5.73 Å². The second kappa shape index (κ2) is 42.9. The Balaban J connectivity index is 4.21. The predicted octanol–water partition coefficient (Wildman–Crippen LogP) is 13.2. The van der Waals surface area contributed by atoms with Crippen molar-refractivity contribution in [3.8, 4) is 0 Å². The predicted molar refractivity (Wildman–Crippen MR) is 240 cm³/mol.